The molecule has 2 aromatic rings. The van der Waals surface area contributed by atoms with E-state index in [4.69, 9.17) is 14.2 Å². The Hall–Kier alpha value is -2.24. The molecule has 5 nitrogen and oxygen atoms in total. The first kappa shape index (κ1) is 25.0. The minimum Gasteiger partial charge on any atom is -0.497 e. The number of carbonyl (C=O) groups is 1. The fourth-order valence-corrected chi connectivity index (χ4v) is 4.16. The monoisotopic (exact) mass is 447 g/mol. The largest absolute Gasteiger partial charge is 0.497 e. The van der Waals surface area contributed by atoms with Crippen LogP contribution in [-0.2, 0) is 17.6 Å². The van der Waals surface area contributed by atoms with Crippen molar-refractivity contribution in [2.45, 2.75) is 45.1 Å². The van der Waals surface area contributed by atoms with Crippen LogP contribution in [0.1, 0.15) is 47.7 Å². The standard InChI is InChI=1S/C25H33NO4.ClH/c1-4-26(22-12-10-20-17-24(29-3)13-11-19(20)16-22)14-5-6-15-30-25(27)21-8-7-9-23(18-21)28-2;/h7-9,11,13,17-18,22H,4-6,10,12,14-16H2,1-3H3;1H. The lowest BCUT2D eigenvalue weighted by Gasteiger charge is -2.34. The maximum absolute atomic E-state index is 12.2. The number of carbonyl (C=O) groups excluding carboxylic acids is 1. The van der Waals surface area contributed by atoms with E-state index in [9.17, 15) is 4.79 Å². The minimum absolute atomic E-state index is 0. The maximum atomic E-state index is 12.2. The van der Waals surface area contributed by atoms with Crippen molar-refractivity contribution in [3.63, 3.8) is 0 Å². The van der Waals surface area contributed by atoms with Crippen LogP contribution in [0.5, 0.6) is 11.5 Å². The number of unbranched alkanes of at least 4 members (excludes halogenated alkanes) is 1. The molecule has 170 valence electrons. The molecule has 0 aliphatic heterocycles. The van der Waals surface area contributed by atoms with Crippen molar-refractivity contribution in [3.05, 3.63) is 59.2 Å². The van der Waals surface area contributed by atoms with Crippen LogP contribution in [0, 0.1) is 0 Å². The van der Waals surface area contributed by atoms with E-state index in [1.807, 2.05) is 6.07 Å². The highest BCUT2D eigenvalue weighted by Crippen LogP contribution is 2.28. The number of hydrogen-bond donors (Lipinski definition) is 0. The van der Waals surface area contributed by atoms with Crippen molar-refractivity contribution in [2.24, 2.45) is 0 Å². The first-order valence-electron chi connectivity index (χ1n) is 10.9. The zero-order chi connectivity index (χ0) is 21.3. The van der Waals surface area contributed by atoms with E-state index >= 15 is 0 Å². The van der Waals surface area contributed by atoms with E-state index in [1.165, 1.54) is 17.5 Å². The van der Waals surface area contributed by atoms with Crippen molar-refractivity contribution in [1.29, 1.82) is 0 Å². The molecular weight excluding hydrogens is 414 g/mol. The summed E-state index contributed by atoms with van der Waals surface area (Å²) >= 11 is 0. The number of rotatable bonds is 10. The Morgan fingerprint density at radius 2 is 1.81 bits per heavy atom. The summed E-state index contributed by atoms with van der Waals surface area (Å²) in [5, 5.41) is 0. The molecule has 0 fully saturated rings. The molecular formula is C25H34ClNO4. The van der Waals surface area contributed by atoms with Gasteiger partial charge in [-0.05, 0) is 86.7 Å². The molecule has 0 saturated carbocycles. The second-order valence-electron chi connectivity index (χ2n) is 7.73. The Labute approximate surface area is 192 Å². The lowest BCUT2D eigenvalue weighted by Crippen LogP contribution is -2.39. The molecule has 31 heavy (non-hydrogen) atoms. The van der Waals surface area contributed by atoms with Crippen LogP contribution in [-0.4, -0.2) is 50.8 Å². The zero-order valence-corrected chi connectivity index (χ0v) is 19.6. The molecule has 6 heteroatoms. The van der Waals surface area contributed by atoms with E-state index in [-0.39, 0.29) is 18.4 Å². The Balaban J connectivity index is 0.00000341. The van der Waals surface area contributed by atoms with Gasteiger partial charge in [-0.15, -0.1) is 12.4 Å². The lowest BCUT2D eigenvalue weighted by atomic mass is 9.87. The molecule has 3 rings (SSSR count). The van der Waals surface area contributed by atoms with Gasteiger partial charge in [-0.3, -0.25) is 0 Å². The SMILES string of the molecule is CCN(CCCCOC(=O)c1cccc(OC)c1)C1CCc2cc(OC)ccc2C1.Cl. The van der Waals surface area contributed by atoms with Crippen molar-refractivity contribution >= 4 is 18.4 Å². The molecule has 1 aliphatic rings. The molecule has 0 radical (unpaired) electrons. The van der Waals surface area contributed by atoms with Gasteiger partial charge in [0.15, 0.2) is 0 Å². The number of ether oxygens (including phenoxy) is 3. The van der Waals surface area contributed by atoms with E-state index in [0.29, 0.717) is 24.0 Å². The van der Waals surface area contributed by atoms with Crippen molar-refractivity contribution in [2.75, 3.05) is 33.9 Å². The predicted molar refractivity (Wildman–Crippen MR) is 126 cm³/mol. The lowest BCUT2D eigenvalue weighted by molar-refractivity contribution is 0.0492. The third-order valence-corrected chi connectivity index (χ3v) is 5.92. The van der Waals surface area contributed by atoms with Gasteiger partial charge in [-0.2, -0.15) is 0 Å². The summed E-state index contributed by atoms with van der Waals surface area (Å²) in [6.07, 6.45) is 5.26. The van der Waals surface area contributed by atoms with Gasteiger partial charge >= 0.3 is 5.97 Å². The smallest absolute Gasteiger partial charge is 0.338 e. The van der Waals surface area contributed by atoms with E-state index in [2.05, 4.69) is 30.0 Å². The summed E-state index contributed by atoms with van der Waals surface area (Å²) in [7, 11) is 3.31. The second kappa shape index (κ2) is 12.6. The predicted octanol–water partition coefficient (Wildman–Crippen LogP) is 4.94. The highest BCUT2D eigenvalue weighted by molar-refractivity contribution is 5.89. The second-order valence-corrected chi connectivity index (χ2v) is 7.73. The summed E-state index contributed by atoms with van der Waals surface area (Å²) in [5.41, 5.74) is 3.39. The highest BCUT2D eigenvalue weighted by atomic mass is 35.5. The molecule has 1 unspecified atom stereocenters. The van der Waals surface area contributed by atoms with Crippen LogP contribution < -0.4 is 9.47 Å². The fourth-order valence-electron chi connectivity index (χ4n) is 4.16. The van der Waals surface area contributed by atoms with Gasteiger partial charge in [0.25, 0.3) is 0 Å². The number of nitrogens with zero attached hydrogens (tertiary/aromatic N) is 1. The molecule has 1 aliphatic carbocycles. The average molecular weight is 448 g/mol. The summed E-state index contributed by atoms with van der Waals surface area (Å²) < 4.78 is 15.9. The molecule has 0 spiro atoms. The van der Waals surface area contributed by atoms with Crippen molar-refractivity contribution in [3.8, 4) is 11.5 Å². The number of methoxy groups -OCH3 is 2. The molecule has 2 aromatic carbocycles. The van der Waals surface area contributed by atoms with E-state index in [1.54, 1.807) is 32.4 Å². The number of likely N-dealkylation sites (N-methyl/N-ethyl adjacent to an activating group) is 1. The fraction of sp³-hybridized carbons (Fsp3) is 0.480. The number of esters is 1. The van der Waals surface area contributed by atoms with Crippen molar-refractivity contribution in [1.82, 2.24) is 4.90 Å². The molecule has 0 heterocycles. The normalized spacial score (nSPS) is 15.0. The minimum atomic E-state index is -0.291. The Bertz CT molecular complexity index is 842. The van der Waals surface area contributed by atoms with Gasteiger partial charge < -0.3 is 19.1 Å². The first-order valence-corrected chi connectivity index (χ1v) is 10.9. The molecule has 0 amide bonds. The van der Waals surface area contributed by atoms with Crippen LogP contribution >= 0.6 is 12.4 Å². The van der Waals surface area contributed by atoms with Crippen LogP contribution in [0.3, 0.4) is 0 Å². The topological polar surface area (TPSA) is 48.0 Å². The molecule has 0 aromatic heterocycles. The van der Waals surface area contributed by atoms with Crippen LogP contribution in [0.25, 0.3) is 0 Å². The number of aryl methyl sites for hydroxylation is 1. The Morgan fingerprint density at radius 1 is 1.03 bits per heavy atom. The maximum Gasteiger partial charge on any atom is 0.338 e. The van der Waals surface area contributed by atoms with Crippen LogP contribution in [0.15, 0.2) is 42.5 Å². The van der Waals surface area contributed by atoms with Gasteiger partial charge in [-0.25, -0.2) is 4.79 Å². The van der Waals surface area contributed by atoms with Crippen molar-refractivity contribution < 1.29 is 19.0 Å². The van der Waals surface area contributed by atoms with Gasteiger partial charge in [-0.1, -0.05) is 19.1 Å². The molecule has 0 bridgehead atoms. The highest BCUT2D eigenvalue weighted by Gasteiger charge is 2.23. The van der Waals surface area contributed by atoms with Gasteiger partial charge in [0.2, 0.25) is 0 Å². The van der Waals surface area contributed by atoms with Crippen LogP contribution in [0.2, 0.25) is 0 Å². The zero-order valence-electron chi connectivity index (χ0n) is 18.8. The average Bonchev–Trinajstić information content (AvgIpc) is 2.80. The van der Waals surface area contributed by atoms with Gasteiger partial charge in [0, 0.05) is 6.04 Å². The summed E-state index contributed by atoms with van der Waals surface area (Å²) in [6, 6.07) is 14.1. The summed E-state index contributed by atoms with van der Waals surface area (Å²) in [4.78, 5) is 14.7. The summed E-state index contributed by atoms with van der Waals surface area (Å²) in [6.45, 7) is 4.75. The van der Waals surface area contributed by atoms with E-state index < -0.39 is 0 Å². The molecule has 1 atom stereocenters. The quantitative estimate of drug-likeness (QED) is 0.381. The third kappa shape index (κ3) is 6.88. The number of halogens is 1. The molecule has 0 N–H and O–H groups in total. The number of fused-ring (bicyclic) bond motifs is 1. The Morgan fingerprint density at radius 3 is 2.55 bits per heavy atom. The first-order chi connectivity index (χ1) is 14.6. The van der Waals surface area contributed by atoms with E-state index in [0.717, 1.165) is 44.5 Å². The van der Waals surface area contributed by atoms with Crippen LogP contribution in [0.4, 0.5) is 0 Å². The van der Waals surface area contributed by atoms with Gasteiger partial charge in [0.1, 0.15) is 11.5 Å². The van der Waals surface area contributed by atoms with Gasteiger partial charge in [0.05, 0.1) is 26.4 Å². The molecule has 0 saturated heterocycles. The third-order valence-electron chi connectivity index (χ3n) is 5.92. The summed E-state index contributed by atoms with van der Waals surface area (Å²) in [5.74, 6) is 1.32. The Kier molecular flexibility index (Phi) is 10.2. The number of hydrogen-bond acceptors (Lipinski definition) is 5. The number of benzene rings is 2.